The van der Waals surface area contributed by atoms with Crippen LogP contribution >= 0.6 is 0 Å². The predicted molar refractivity (Wildman–Crippen MR) is 90.9 cm³/mol. The molecule has 1 unspecified atom stereocenters. The van der Waals surface area contributed by atoms with E-state index >= 15 is 0 Å². The van der Waals surface area contributed by atoms with E-state index in [1.807, 2.05) is 0 Å². The third kappa shape index (κ3) is 3.14. The number of fused-ring (bicyclic) bond motifs is 4. The molecule has 0 spiro atoms. The van der Waals surface area contributed by atoms with E-state index in [-0.39, 0.29) is 37.2 Å². The average Bonchev–Trinajstić information content (AvgIpc) is 3.11. The summed E-state index contributed by atoms with van der Waals surface area (Å²) in [5, 5.41) is 0. The van der Waals surface area contributed by atoms with E-state index in [0.29, 0.717) is 9.54 Å². The average molecular weight is 477 g/mol. The summed E-state index contributed by atoms with van der Waals surface area (Å²) in [6, 6.07) is 26.7. The summed E-state index contributed by atoms with van der Waals surface area (Å²) >= 11 is 1.58. The molecule has 1 atom stereocenters. The van der Waals surface area contributed by atoms with Gasteiger partial charge < -0.3 is 37.2 Å². The Morgan fingerprint density at radius 1 is 0.577 bits per heavy atom. The molecule has 0 fully saturated rings. The van der Waals surface area contributed by atoms with Crippen molar-refractivity contribution in [3.05, 3.63) is 101 Å². The molecule has 0 aliphatic heterocycles. The van der Waals surface area contributed by atoms with E-state index in [1.54, 1.807) is 30.3 Å². The summed E-state index contributed by atoms with van der Waals surface area (Å²) in [7, 11) is 0. The van der Waals surface area contributed by atoms with Gasteiger partial charge in [-0.2, -0.15) is 0 Å². The Hall–Kier alpha value is -0.847. The van der Waals surface area contributed by atoms with Gasteiger partial charge in [-0.25, -0.2) is 0 Å². The SMILES string of the molecule is [Cl-].[Cl-].[Cl-].[Zr+3][CH]1C(C2c3ccccc3-c3ccccc32)=Cc2ccccc21. The van der Waals surface area contributed by atoms with Crippen LogP contribution in [0.2, 0.25) is 0 Å². The number of allylic oxidation sites excluding steroid dienone is 1. The molecule has 2 aliphatic rings. The van der Waals surface area contributed by atoms with E-state index in [4.69, 9.17) is 0 Å². The minimum absolute atomic E-state index is 0. The van der Waals surface area contributed by atoms with E-state index < -0.39 is 0 Å². The molecule has 0 bridgehead atoms. The molecule has 0 amide bonds. The van der Waals surface area contributed by atoms with Crippen molar-refractivity contribution in [3.63, 3.8) is 0 Å². The molecule has 0 saturated carbocycles. The third-order valence-corrected chi connectivity index (χ3v) is 6.71. The quantitative estimate of drug-likeness (QED) is 0.342. The van der Waals surface area contributed by atoms with Crippen molar-refractivity contribution >= 4 is 6.08 Å². The molecular formula is C22H15Cl3Zr. The first-order valence-corrected chi connectivity index (χ1v) is 9.46. The van der Waals surface area contributed by atoms with Gasteiger partial charge in [0.1, 0.15) is 0 Å². The molecular weight excluding hydrogens is 462 g/mol. The number of hydrogen-bond donors (Lipinski definition) is 0. The van der Waals surface area contributed by atoms with Gasteiger partial charge in [0.2, 0.25) is 0 Å². The molecule has 0 heterocycles. The van der Waals surface area contributed by atoms with E-state index in [1.165, 1.54) is 33.4 Å². The molecule has 3 aromatic rings. The van der Waals surface area contributed by atoms with Crippen LogP contribution in [-0.2, 0) is 24.7 Å². The van der Waals surface area contributed by atoms with Crippen LogP contribution in [0.25, 0.3) is 17.2 Å². The van der Waals surface area contributed by atoms with Crippen molar-refractivity contribution < 1.29 is 61.9 Å². The molecule has 0 N–H and O–H groups in total. The second-order valence-corrected chi connectivity index (χ2v) is 7.73. The summed E-state index contributed by atoms with van der Waals surface area (Å²) in [6.45, 7) is 0. The van der Waals surface area contributed by atoms with Crippen molar-refractivity contribution in [2.24, 2.45) is 0 Å². The van der Waals surface area contributed by atoms with E-state index in [9.17, 15) is 0 Å². The van der Waals surface area contributed by atoms with Crippen molar-refractivity contribution in [1.82, 2.24) is 0 Å². The molecule has 5 rings (SSSR count). The summed E-state index contributed by atoms with van der Waals surface area (Å²) in [5.41, 5.74) is 10.2. The van der Waals surface area contributed by atoms with Crippen molar-refractivity contribution in [2.45, 2.75) is 9.54 Å². The number of rotatable bonds is 1. The fourth-order valence-corrected chi connectivity index (χ4v) is 5.37. The topological polar surface area (TPSA) is 0 Å². The summed E-state index contributed by atoms with van der Waals surface area (Å²) in [6.07, 6.45) is 2.44. The fraction of sp³-hybridized carbons (Fsp3) is 0.0909. The Bertz CT molecular complexity index is 919. The van der Waals surface area contributed by atoms with Gasteiger partial charge >= 0.3 is 152 Å². The Balaban J connectivity index is 0.000000810. The molecule has 0 radical (unpaired) electrons. The van der Waals surface area contributed by atoms with E-state index in [0.717, 1.165) is 0 Å². The third-order valence-electron chi connectivity index (χ3n) is 5.13. The van der Waals surface area contributed by atoms with Gasteiger partial charge in [-0.05, 0) is 0 Å². The number of halogens is 3. The van der Waals surface area contributed by atoms with Crippen LogP contribution in [0.15, 0.2) is 78.4 Å². The summed E-state index contributed by atoms with van der Waals surface area (Å²) in [5.74, 6) is 0.416. The van der Waals surface area contributed by atoms with Gasteiger partial charge in [-0.3, -0.25) is 0 Å². The Morgan fingerprint density at radius 3 is 1.58 bits per heavy atom. The van der Waals surface area contributed by atoms with Crippen molar-refractivity contribution in [3.8, 4) is 11.1 Å². The van der Waals surface area contributed by atoms with E-state index in [2.05, 4.69) is 78.9 Å². The monoisotopic (exact) mass is 474 g/mol. The van der Waals surface area contributed by atoms with Crippen molar-refractivity contribution in [2.75, 3.05) is 0 Å². The van der Waals surface area contributed by atoms with Crippen molar-refractivity contribution in [1.29, 1.82) is 0 Å². The first kappa shape index (κ1) is 21.5. The second kappa shape index (κ2) is 8.45. The van der Waals surface area contributed by atoms with Crippen LogP contribution in [0, 0.1) is 0 Å². The van der Waals surface area contributed by atoms with Gasteiger partial charge in [-0.15, -0.1) is 0 Å². The Morgan fingerprint density at radius 2 is 1.04 bits per heavy atom. The van der Waals surface area contributed by atoms with Crippen LogP contribution in [0.4, 0.5) is 0 Å². The summed E-state index contributed by atoms with van der Waals surface area (Å²) < 4.78 is 0.572. The fourth-order valence-electron chi connectivity index (χ4n) is 4.11. The van der Waals surface area contributed by atoms with Crippen LogP contribution in [-0.4, -0.2) is 0 Å². The molecule has 0 aromatic heterocycles. The zero-order valence-corrected chi connectivity index (χ0v) is 18.5. The molecule has 3 aromatic carbocycles. The molecule has 4 heteroatoms. The predicted octanol–water partition coefficient (Wildman–Crippen LogP) is -3.50. The Kier molecular flexibility index (Phi) is 6.97. The number of hydrogen-bond acceptors (Lipinski definition) is 0. The van der Waals surface area contributed by atoms with Crippen LogP contribution in [0.5, 0.6) is 0 Å². The van der Waals surface area contributed by atoms with Crippen LogP contribution < -0.4 is 37.2 Å². The Labute approximate surface area is 188 Å². The number of benzene rings is 3. The minimum atomic E-state index is 0. The zero-order chi connectivity index (χ0) is 15.4. The van der Waals surface area contributed by atoms with Crippen LogP contribution in [0.3, 0.4) is 0 Å². The maximum absolute atomic E-state index is 2.44. The molecule has 0 saturated heterocycles. The zero-order valence-electron chi connectivity index (χ0n) is 13.8. The molecule has 2 aliphatic carbocycles. The first-order chi connectivity index (χ1) is 11.3. The van der Waals surface area contributed by atoms with Gasteiger partial charge in [0.05, 0.1) is 0 Å². The normalized spacial score (nSPS) is 16.2. The second-order valence-electron chi connectivity index (χ2n) is 6.31. The standard InChI is InChI=1S/C22H15.3ClH.Zr/c1-2-8-16-14-17(13-15(16)7-1)22-20-11-5-3-9-18(20)19-10-4-6-12-21(19)22;;;;/h1-14,22H;3*1H;/q;;;;+3/p-3. The van der Waals surface area contributed by atoms with Gasteiger partial charge in [0, 0.05) is 0 Å². The molecule has 128 valence electrons. The first-order valence-electron chi connectivity index (χ1n) is 8.04. The van der Waals surface area contributed by atoms with Gasteiger partial charge in [0.25, 0.3) is 0 Å². The van der Waals surface area contributed by atoms with Crippen LogP contribution in [0.1, 0.15) is 31.8 Å². The van der Waals surface area contributed by atoms with Gasteiger partial charge in [0.15, 0.2) is 0 Å². The van der Waals surface area contributed by atoms with Gasteiger partial charge in [-0.1, -0.05) is 0 Å². The maximum atomic E-state index is 2.44. The molecule has 26 heavy (non-hydrogen) atoms. The summed E-state index contributed by atoms with van der Waals surface area (Å²) in [4.78, 5) is 0. The molecule has 0 nitrogen and oxygen atoms in total.